The van der Waals surface area contributed by atoms with Crippen molar-refractivity contribution in [2.24, 2.45) is 23.7 Å². The Morgan fingerprint density at radius 1 is 1.12 bits per heavy atom. The summed E-state index contributed by atoms with van der Waals surface area (Å²) in [5.74, 6) is 4.13. The van der Waals surface area contributed by atoms with Gasteiger partial charge in [0.25, 0.3) is 0 Å². The average molecular weight is 129 g/mol. The van der Waals surface area contributed by atoms with Gasteiger partial charge in [0.1, 0.15) is 0 Å². The minimum Gasteiger partial charge on any atom is -0.122 e. The number of hydrogen-bond donors (Lipinski definition) is 0. The Bertz CT molecular complexity index is 129. The van der Waals surface area contributed by atoms with E-state index in [1.165, 1.54) is 12.8 Å². The highest BCUT2D eigenvalue weighted by Gasteiger charge is 2.67. The maximum Gasteiger partial charge on any atom is 0.0398 e. The van der Waals surface area contributed by atoms with Crippen LogP contribution in [0.5, 0.6) is 0 Å². The van der Waals surface area contributed by atoms with Crippen LogP contribution in [0.2, 0.25) is 0 Å². The molecule has 0 radical (unpaired) electrons. The summed E-state index contributed by atoms with van der Waals surface area (Å²) in [6.07, 6.45) is 2.95. The summed E-state index contributed by atoms with van der Waals surface area (Å²) < 4.78 is 0. The predicted octanol–water partition coefficient (Wildman–Crippen LogP) is 1.88. The summed E-state index contributed by atoms with van der Waals surface area (Å²) in [7, 11) is 0. The highest BCUT2D eigenvalue weighted by Crippen LogP contribution is 2.71. The Balaban J connectivity index is 2.10. The van der Waals surface area contributed by atoms with Crippen LogP contribution >= 0.6 is 11.6 Å². The Kier molecular flexibility index (Phi) is 0.502. The molecule has 4 fully saturated rings. The molecule has 8 heavy (non-hydrogen) atoms. The topological polar surface area (TPSA) is 0 Å². The normalized spacial score (nSPS) is 73.9. The molecule has 4 aliphatic carbocycles. The third-order valence-electron chi connectivity index (χ3n) is 3.37. The molecular weight excluding hydrogens is 120 g/mol. The van der Waals surface area contributed by atoms with Crippen LogP contribution in [-0.2, 0) is 0 Å². The SMILES string of the molecule is Cl[C@H]1C2CC3C1[C@@H]3C2. The van der Waals surface area contributed by atoms with Crippen LogP contribution in [0.4, 0.5) is 0 Å². The van der Waals surface area contributed by atoms with E-state index in [1.54, 1.807) is 0 Å². The Hall–Kier alpha value is 0.290. The summed E-state index contributed by atoms with van der Waals surface area (Å²) in [5, 5.41) is 0.602. The van der Waals surface area contributed by atoms with Gasteiger partial charge in [-0.1, -0.05) is 0 Å². The fourth-order valence-electron chi connectivity index (χ4n) is 2.98. The molecule has 44 valence electrons. The number of hydrogen-bond acceptors (Lipinski definition) is 0. The standard InChI is InChI=1S/C7H9Cl/c8-7-3-1-4-5(2-3)6(4)7/h3-7H,1-2H2/t3?,4-,5?,6?,7+/m1/s1. The molecule has 4 rings (SSSR count). The van der Waals surface area contributed by atoms with Gasteiger partial charge in [-0.05, 0) is 36.5 Å². The van der Waals surface area contributed by atoms with Crippen LogP contribution in [0.1, 0.15) is 12.8 Å². The van der Waals surface area contributed by atoms with Gasteiger partial charge in [-0.3, -0.25) is 0 Å². The number of alkyl halides is 1. The van der Waals surface area contributed by atoms with Crippen LogP contribution in [0, 0.1) is 23.7 Å². The fourth-order valence-corrected chi connectivity index (χ4v) is 3.56. The van der Waals surface area contributed by atoms with Crippen molar-refractivity contribution in [2.75, 3.05) is 0 Å². The second-order valence-corrected chi connectivity index (χ2v) is 4.08. The van der Waals surface area contributed by atoms with E-state index < -0.39 is 0 Å². The molecular formula is C7H9Cl. The van der Waals surface area contributed by atoms with E-state index in [-0.39, 0.29) is 0 Å². The largest absolute Gasteiger partial charge is 0.122 e. The molecule has 0 heterocycles. The van der Waals surface area contributed by atoms with Gasteiger partial charge in [-0.15, -0.1) is 11.6 Å². The molecule has 4 aliphatic rings. The molecule has 0 aliphatic heterocycles. The van der Waals surface area contributed by atoms with Crippen LogP contribution in [0.3, 0.4) is 0 Å². The third-order valence-corrected chi connectivity index (χ3v) is 4.01. The van der Waals surface area contributed by atoms with Crippen molar-refractivity contribution in [3.05, 3.63) is 0 Å². The van der Waals surface area contributed by atoms with Gasteiger partial charge in [-0.25, -0.2) is 0 Å². The molecule has 0 nitrogen and oxygen atoms in total. The number of halogens is 1. The molecule has 4 saturated carbocycles. The Morgan fingerprint density at radius 3 is 1.88 bits per heavy atom. The van der Waals surface area contributed by atoms with Gasteiger partial charge in [0, 0.05) is 5.38 Å². The summed E-state index contributed by atoms with van der Waals surface area (Å²) in [5.41, 5.74) is 0. The average Bonchev–Trinajstić information content (AvgIpc) is 2.23. The molecule has 0 aromatic carbocycles. The van der Waals surface area contributed by atoms with Crippen LogP contribution in [0.25, 0.3) is 0 Å². The molecule has 0 saturated heterocycles. The van der Waals surface area contributed by atoms with Crippen molar-refractivity contribution in [2.45, 2.75) is 18.2 Å². The summed E-state index contributed by atoms with van der Waals surface area (Å²) in [4.78, 5) is 0. The monoisotopic (exact) mass is 128 g/mol. The minimum absolute atomic E-state index is 0.602. The zero-order chi connectivity index (χ0) is 5.30. The zero-order valence-corrected chi connectivity index (χ0v) is 5.43. The van der Waals surface area contributed by atoms with Gasteiger partial charge < -0.3 is 0 Å². The van der Waals surface area contributed by atoms with E-state index in [0.717, 1.165) is 23.7 Å². The van der Waals surface area contributed by atoms with Gasteiger partial charge >= 0.3 is 0 Å². The Morgan fingerprint density at radius 2 is 1.75 bits per heavy atom. The second-order valence-electron chi connectivity index (χ2n) is 3.58. The second kappa shape index (κ2) is 0.965. The highest BCUT2D eigenvalue weighted by molar-refractivity contribution is 6.21. The lowest BCUT2D eigenvalue weighted by Gasteiger charge is -2.01. The van der Waals surface area contributed by atoms with Crippen LogP contribution in [-0.4, -0.2) is 5.38 Å². The van der Waals surface area contributed by atoms with Crippen molar-refractivity contribution in [3.8, 4) is 0 Å². The van der Waals surface area contributed by atoms with Gasteiger partial charge in [0.05, 0.1) is 0 Å². The smallest absolute Gasteiger partial charge is 0.0398 e. The van der Waals surface area contributed by atoms with E-state index in [9.17, 15) is 0 Å². The zero-order valence-electron chi connectivity index (χ0n) is 4.68. The molecule has 0 aromatic rings. The van der Waals surface area contributed by atoms with Crippen molar-refractivity contribution >= 4 is 11.6 Å². The molecule has 0 N–H and O–H groups in total. The summed E-state index contributed by atoms with van der Waals surface area (Å²) >= 11 is 6.10. The fraction of sp³-hybridized carbons (Fsp3) is 1.00. The first-order valence-corrected chi connectivity index (χ1v) is 3.95. The lowest BCUT2D eigenvalue weighted by atomic mass is 10.1. The minimum atomic E-state index is 0.602. The molecule has 3 unspecified atom stereocenters. The first-order valence-electron chi connectivity index (χ1n) is 3.52. The van der Waals surface area contributed by atoms with Crippen LogP contribution < -0.4 is 0 Å². The van der Waals surface area contributed by atoms with Crippen molar-refractivity contribution in [3.63, 3.8) is 0 Å². The lowest BCUT2D eigenvalue weighted by molar-refractivity contribution is 0.610. The predicted molar refractivity (Wildman–Crippen MR) is 32.8 cm³/mol. The maximum atomic E-state index is 6.10. The molecule has 0 aromatic heterocycles. The molecule has 5 atom stereocenters. The molecule has 4 bridgehead atoms. The quantitative estimate of drug-likeness (QED) is 0.437. The molecule has 1 heteroatoms. The third kappa shape index (κ3) is 0.255. The van der Waals surface area contributed by atoms with Gasteiger partial charge in [0.15, 0.2) is 0 Å². The Labute approximate surface area is 54.2 Å². The van der Waals surface area contributed by atoms with Crippen molar-refractivity contribution in [1.82, 2.24) is 0 Å². The number of rotatable bonds is 0. The van der Waals surface area contributed by atoms with Crippen LogP contribution in [0.15, 0.2) is 0 Å². The summed E-state index contributed by atoms with van der Waals surface area (Å²) in [6, 6.07) is 0. The van der Waals surface area contributed by atoms with E-state index in [2.05, 4.69) is 0 Å². The van der Waals surface area contributed by atoms with Gasteiger partial charge in [0.2, 0.25) is 0 Å². The summed E-state index contributed by atoms with van der Waals surface area (Å²) in [6.45, 7) is 0. The lowest BCUT2D eigenvalue weighted by Crippen LogP contribution is -2.01. The highest BCUT2D eigenvalue weighted by atomic mass is 35.5. The van der Waals surface area contributed by atoms with E-state index in [1.807, 2.05) is 0 Å². The molecule has 0 spiro atoms. The maximum absolute atomic E-state index is 6.10. The van der Waals surface area contributed by atoms with Crippen molar-refractivity contribution < 1.29 is 0 Å². The van der Waals surface area contributed by atoms with Crippen molar-refractivity contribution in [1.29, 1.82) is 0 Å². The van der Waals surface area contributed by atoms with E-state index in [0.29, 0.717) is 5.38 Å². The first-order chi connectivity index (χ1) is 3.88. The van der Waals surface area contributed by atoms with E-state index >= 15 is 0 Å². The van der Waals surface area contributed by atoms with Gasteiger partial charge in [-0.2, -0.15) is 0 Å². The van der Waals surface area contributed by atoms with E-state index in [4.69, 9.17) is 11.6 Å². The molecule has 0 amide bonds. The first kappa shape index (κ1) is 4.16.